The summed E-state index contributed by atoms with van der Waals surface area (Å²) in [5.74, 6) is -5.44. The molecule has 6 heterocycles. The largest absolute Gasteiger partial charge is 0.479 e. The molecule has 25 nitrogen and oxygen atoms in total. The molecule has 2 aromatic heterocycles. The highest BCUT2D eigenvalue weighted by molar-refractivity contribution is 7.90. The maximum Gasteiger partial charge on any atom is 0.412 e. The minimum absolute atomic E-state index is 0.0197. The first-order valence-corrected chi connectivity index (χ1v) is 26.0. The lowest BCUT2D eigenvalue weighted by molar-refractivity contribution is -0.271. The fraction of sp³-hybridized carbons (Fsp3) is 0.420. The zero-order valence-electron chi connectivity index (χ0n) is 41.1. The number of pyridine rings is 2. The van der Waals surface area contributed by atoms with Gasteiger partial charge < -0.3 is 59.1 Å². The minimum atomic E-state index is -3.64. The van der Waals surface area contributed by atoms with E-state index in [0.29, 0.717) is 28.7 Å². The third kappa shape index (κ3) is 11.2. The topological polar surface area (TPSA) is 354 Å². The standard InChI is InChI=1S/C50H53N5O20S/c1-4-28-29-19-27(8-9-33(29)52-40-30(28)21-55-35(40)20-32-31(45(55)63)23-71-48(66)50(32,68)5-2)73-24-53(16-17-76(3,69)70)49(67)72-22-25-6-10-36(74-47-43(62)41(60)42(61)44(75-47)46(64)65)34(18-25)51-37(57)11-7-26(56)14-15-54-38(58)12-13-39(54)59/h6,8-10,12-13,18-20,41-44,47,60-62,68H,4-5,7,11,14-17,21-24H2,1-3H3,(H,51,57)(H,64,65)/t41-,42-,43+,44-,47+,50-/m0/s1. The molecule has 6 N–H and O–H groups in total. The lowest BCUT2D eigenvalue weighted by atomic mass is 9.86. The van der Waals surface area contributed by atoms with Crippen LogP contribution in [0.5, 0.6) is 11.5 Å². The van der Waals surface area contributed by atoms with E-state index in [1.54, 1.807) is 31.2 Å². The van der Waals surface area contributed by atoms with Gasteiger partial charge in [-0.2, -0.15) is 0 Å². The molecule has 0 unspecified atom stereocenters. The number of hydrogen-bond donors (Lipinski definition) is 6. The summed E-state index contributed by atoms with van der Waals surface area (Å²) < 4.78 is 53.9. The van der Waals surface area contributed by atoms with Gasteiger partial charge in [-0.3, -0.25) is 33.8 Å². The number of aliphatic carboxylic acids is 1. The summed E-state index contributed by atoms with van der Waals surface area (Å²) >= 11 is 0. The lowest BCUT2D eigenvalue weighted by Gasteiger charge is -2.38. The Kier molecular flexibility index (Phi) is 15.8. The number of sulfone groups is 1. The molecule has 0 saturated carbocycles. The highest BCUT2D eigenvalue weighted by Crippen LogP contribution is 2.41. The molecule has 8 rings (SSSR count). The van der Waals surface area contributed by atoms with Crippen LogP contribution in [-0.2, 0) is 84.6 Å². The first-order valence-electron chi connectivity index (χ1n) is 23.9. The van der Waals surface area contributed by atoms with Gasteiger partial charge in [0.05, 0.1) is 40.5 Å². The summed E-state index contributed by atoms with van der Waals surface area (Å²) in [6.45, 7) is 1.78. The number of rotatable bonds is 20. The van der Waals surface area contributed by atoms with Gasteiger partial charge in [0.15, 0.2) is 18.4 Å². The number of benzene rings is 2. The van der Waals surface area contributed by atoms with E-state index in [1.807, 2.05) is 6.92 Å². The summed E-state index contributed by atoms with van der Waals surface area (Å²) in [7, 11) is -3.64. The summed E-state index contributed by atoms with van der Waals surface area (Å²) in [5.41, 5.74) is 0.947. The summed E-state index contributed by atoms with van der Waals surface area (Å²) in [6.07, 6.45) is -8.46. The van der Waals surface area contributed by atoms with E-state index in [9.17, 15) is 72.3 Å². The van der Waals surface area contributed by atoms with Crippen molar-refractivity contribution in [3.05, 3.63) is 92.8 Å². The molecule has 26 heteroatoms. The number of esters is 1. The fourth-order valence-corrected chi connectivity index (χ4v) is 9.68. The number of carboxylic acids is 1. The van der Waals surface area contributed by atoms with Gasteiger partial charge >= 0.3 is 18.0 Å². The van der Waals surface area contributed by atoms with Gasteiger partial charge in [0.2, 0.25) is 12.2 Å². The van der Waals surface area contributed by atoms with Crippen LogP contribution in [0.25, 0.3) is 22.3 Å². The summed E-state index contributed by atoms with van der Waals surface area (Å²) in [5, 5.41) is 55.2. The molecule has 4 amide bonds. The predicted molar refractivity (Wildman–Crippen MR) is 261 cm³/mol. The number of ketones is 1. The van der Waals surface area contributed by atoms with E-state index in [1.165, 1.54) is 22.8 Å². The first kappa shape index (κ1) is 54.6. The number of anilines is 1. The van der Waals surface area contributed by atoms with Crippen molar-refractivity contribution in [2.45, 2.75) is 102 Å². The molecule has 4 aliphatic heterocycles. The van der Waals surface area contributed by atoms with Gasteiger partial charge in [0.1, 0.15) is 58.6 Å². The number of cyclic esters (lactones) is 1. The number of carbonyl (C=O) groups excluding carboxylic acids is 6. The van der Waals surface area contributed by atoms with Crippen LogP contribution in [0.15, 0.2) is 59.4 Å². The molecule has 0 radical (unpaired) electrons. The smallest absolute Gasteiger partial charge is 0.412 e. The second-order valence-corrected chi connectivity index (χ2v) is 20.7. The van der Waals surface area contributed by atoms with Crippen molar-refractivity contribution in [3.8, 4) is 22.9 Å². The zero-order chi connectivity index (χ0) is 55.0. The second-order valence-electron chi connectivity index (χ2n) is 18.5. The number of hydrogen-bond acceptors (Lipinski definition) is 20. The number of Topliss-reactive ketones (excluding diaryl/α,β-unsaturated/α-hetero) is 1. The third-order valence-electron chi connectivity index (χ3n) is 13.4. The average Bonchev–Trinajstić information content (AvgIpc) is 3.92. The maximum atomic E-state index is 13.8. The number of amides is 4. The number of imide groups is 1. The molecule has 4 aliphatic rings. The Morgan fingerprint density at radius 3 is 2.36 bits per heavy atom. The molecule has 0 spiro atoms. The molecule has 1 saturated heterocycles. The van der Waals surface area contributed by atoms with Gasteiger partial charge in [-0.15, -0.1) is 0 Å². The quantitative estimate of drug-likeness (QED) is 0.0352. The number of aryl methyl sites for hydroxylation is 1. The van der Waals surface area contributed by atoms with E-state index >= 15 is 0 Å². The van der Waals surface area contributed by atoms with Gasteiger partial charge in [-0.05, 0) is 60.4 Å². The van der Waals surface area contributed by atoms with Gasteiger partial charge in [0.25, 0.3) is 17.4 Å². The Balaban J connectivity index is 0.986. The van der Waals surface area contributed by atoms with E-state index in [4.69, 9.17) is 28.7 Å². The van der Waals surface area contributed by atoms with Crippen LogP contribution in [0.2, 0.25) is 0 Å². The first-order chi connectivity index (χ1) is 36.0. The van der Waals surface area contributed by atoms with Gasteiger partial charge in [0, 0.05) is 67.3 Å². The van der Waals surface area contributed by atoms with Crippen molar-refractivity contribution in [2.75, 3.05) is 37.1 Å². The monoisotopic (exact) mass is 1080 g/mol. The van der Waals surface area contributed by atoms with Crippen LogP contribution in [0.3, 0.4) is 0 Å². The summed E-state index contributed by atoms with van der Waals surface area (Å²) in [6, 6.07) is 10.4. The highest BCUT2D eigenvalue weighted by atomic mass is 32.2. The molecule has 76 heavy (non-hydrogen) atoms. The molecule has 4 aromatic rings. The molecule has 1 fully saturated rings. The van der Waals surface area contributed by atoms with Crippen molar-refractivity contribution in [2.24, 2.45) is 0 Å². The van der Waals surface area contributed by atoms with Crippen LogP contribution in [0.1, 0.15) is 67.3 Å². The molecule has 0 aliphatic carbocycles. The Morgan fingerprint density at radius 2 is 1.67 bits per heavy atom. The predicted octanol–water partition coefficient (Wildman–Crippen LogP) is 0.536. The number of aliphatic hydroxyl groups excluding tert-OH is 3. The number of nitrogens with zero attached hydrogens (tertiary/aromatic N) is 4. The zero-order valence-corrected chi connectivity index (χ0v) is 41.9. The molecule has 2 aromatic carbocycles. The highest BCUT2D eigenvalue weighted by Gasteiger charge is 2.49. The van der Waals surface area contributed by atoms with Crippen molar-refractivity contribution >= 4 is 68.0 Å². The molecular formula is C50H53N5O20S. The van der Waals surface area contributed by atoms with Crippen LogP contribution >= 0.6 is 0 Å². The number of ether oxygens (including phenoxy) is 5. The Bertz CT molecular complexity index is 3250. The van der Waals surface area contributed by atoms with E-state index in [0.717, 1.165) is 39.3 Å². The van der Waals surface area contributed by atoms with E-state index < -0.39 is 119 Å². The Hall–Kier alpha value is -7.62. The van der Waals surface area contributed by atoms with Crippen LogP contribution in [0.4, 0.5) is 10.5 Å². The van der Waals surface area contributed by atoms with E-state index in [2.05, 4.69) is 5.32 Å². The van der Waals surface area contributed by atoms with Crippen molar-refractivity contribution in [3.63, 3.8) is 0 Å². The Labute approximate surface area is 432 Å². The molecule has 6 atom stereocenters. The molecule has 404 valence electrons. The second kappa shape index (κ2) is 21.9. The van der Waals surface area contributed by atoms with Crippen molar-refractivity contribution in [1.29, 1.82) is 0 Å². The normalized spacial score (nSPS) is 21.6. The third-order valence-corrected chi connectivity index (χ3v) is 14.3. The van der Waals surface area contributed by atoms with Crippen LogP contribution in [0, 0.1) is 0 Å². The SMILES string of the molecule is CCc1c2c(nc3ccc(OCN(CCS(C)(=O)=O)C(=O)OCc4ccc(O[C@@H]5O[C@H](C(=O)O)[C@@H](O)[C@H](O)[C@H]5O)c(NC(=O)CCC(=O)CCN5C(=O)C=CC5=O)c4)cc13)-c1cc3c(c(=O)n1C2)COC(=O)[C@]3(O)CC. The number of nitrogens with one attached hydrogen (secondary N) is 1. The number of aliphatic hydroxyl groups is 4. The van der Waals surface area contributed by atoms with Crippen molar-refractivity contribution in [1.82, 2.24) is 19.4 Å². The van der Waals surface area contributed by atoms with Gasteiger partial charge in [-0.1, -0.05) is 19.9 Å². The van der Waals surface area contributed by atoms with Crippen LogP contribution in [-0.4, -0.2) is 157 Å². The number of carboxylic acid groups (broad SMARTS) is 1. The number of aromatic nitrogens is 2. The number of carbonyl (C=O) groups is 7. The average molecular weight is 1080 g/mol. The minimum Gasteiger partial charge on any atom is -0.479 e. The van der Waals surface area contributed by atoms with Crippen molar-refractivity contribution < 1.29 is 91.2 Å². The number of fused-ring (bicyclic) bond motifs is 5. The lowest BCUT2D eigenvalue weighted by Crippen LogP contribution is -2.61. The van der Waals surface area contributed by atoms with E-state index in [-0.39, 0.29) is 79.4 Å². The maximum absolute atomic E-state index is 13.8. The van der Waals surface area contributed by atoms with Gasteiger partial charge in [-0.25, -0.2) is 27.8 Å². The van der Waals surface area contributed by atoms with Crippen LogP contribution < -0.4 is 20.3 Å². The molecular weight excluding hydrogens is 1020 g/mol. The molecule has 0 bridgehead atoms. The summed E-state index contributed by atoms with van der Waals surface area (Å²) in [4.78, 5) is 108. The fourth-order valence-electron chi connectivity index (χ4n) is 9.13. The Morgan fingerprint density at radius 1 is 0.934 bits per heavy atom.